The highest BCUT2D eigenvalue weighted by Crippen LogP contribution is 2.47. The van der Waals surface area contributed by atoms with Gasteiger partial charge in [0.05, 0.1) is 4.90 Å². The highest BCUT2D eigenvalue weighted by atomic mass is 35.5. The Balaban J connectivity index is 2.54. The summed E-state index contributed by atoms with van der Waals surface area (Å²) >= 11 is 5.70. The van der Waals surface area contributed by atoms with Crippen LogP contribution in [0.2, 0.25) is 5.02 Å². The van der Waals surface area contributed by atoms with Crippen LogP contribution >= 0.6 is 11.6 Å². The minimum absolute atomic E-state index is 0.0147. The van der Waals surface area contributed by atoms with E-state index in [4.69, 9.17) is 11.6 Å². The fraction of sp³-hybridized carbons (Fsp3) is 0.417. The van der Waals surface area contributed by atoms with E-state index in [1.165, 1.54) is 24.3 Å². The second-order valence-corrected chi connectivity index (χ2v) is 7.23. The minimum Gasteiger partial charge on any atom is -0.480 e. The lowest BCUT2D eigenvalue weighted by molar-refractivity contribution is -0.144. The second kappa shape index (κ2) is 4.24. The number of hydrogen-bond donors (Lipinski definition) is 1. The van der Waals surface area contributed by atoms with Gasteiger partial charge in [0, 0.05) is 5.02 Å². The van der Waals surface area contributed by atoms with Crippen molar-refractivity contribution in [2.24, 2.45) is 5.92 Å². The number of benzene rings is 1. The predicted octanol–water partition coefficient (Wildman–Crippen LogP) is 2.37. The van der Waals surface area contributed by atoms with E-state index in [-0.39, 0.29) is 17.2 Å². The normalized spacial score (nSPS) is 27.6. The number of carboxylic acid groups (broad SMARTS) is 1. The maximum atomic E-state index is 12.5. The summed E-state index contributed by atoms with van der Waals surface area (Å²) < 4.78 is 23.3. The molecular formula is C12H13ClO4S. The zero-order chi connectivity index (χ0) is 13.6. The molecule has 0 radical (unpaired) electrons. The Labute approximate surface area is 110 Å². The van der Waals surface area contributed by atoms with Crippen LogP contribution in [0.5, 0.6) is 0 Å². The first-order valence-corrected chi connectivity index (χ1v) is 7.42. The van der Waals surface area contributed by atoms with Gasteiger partial charge in [0.25, 0.3) is 0 Å². The number of rotatable bonds is 3. The lowest BCUT2D eigenvalue weighted by Gasteiger charge is -2.43. The molecule has 2 unspecified atom stereocenters. The number of halogens is 1. The summed E-state index contributed by atoms with van der Waals surface area (Å²) in [6.45, 7) is 1.66. The standard InChI is InChI=1S/C12H13ClO4S/c1-8-6-7-12(8,11(14)15)18(16,17)10-4-2-9(13)3-5-10/h2-5,8H,6-7H2,1H3,(H,14,15). The smallest absolute Gasteiger partial charge is 0.325 e. The van der Waals surface area contributed by atoms with Crippen LogP contribution in [0.15, 0.2) is 29.2 Å². The lowest BCUT2D eigenvalue weighted by Crippen LogP contribution is -2.58. The number of aliphatic carboxylic acids is 1. The van der Waals surface area contributed by atoms with Crippen molar-refractivity contribution in [1.29, 1.82) is 0 Å². The van der Waals surface area contributed by atoms with E-state index in [9.17, 15) is 18.3 Å². The third-order valence-corrected chi connectivity index (χ3v) is 6.60. The Morgan fingerprint density at radius 3 is 2.28 bits per heavy atom. The van der Waals surface area contributed by atoms with Gasteiger partial charge in [0.1, 0.15) is 0 Å². The largest absolute Gasteiger partial charge is 0.480 e. The molecule has 2 rings (SSSR count). The molecule has 1 fully saturated rings. The van der Waals surface area contributed by atoms with Crippen molar-refractivity contribution in [1.82, 2.24) is 0 Å². The second-order valence-electron chi connectivity index (χ2n) is 4.59. The molecular weight excluding hydrogens is 276 g/mol. The molecule has 0 aromatic heterocycles. The van der Waals surface area contributed by atoms with Crippen molar-refractivity contribution in [3.63, 3.8) is 0 Å². The molecule has 1 aromatic rings. The molecule has 2 atom stereocenters. The number of carboxylic acids is 1. The average molecular weight is 289 g/mol. The lowest BCUT2D eigenvalue weighted by atomic mass is 9.74. The zero-order valence-corrected chi connectivity index (χ0v) is 11.3. The highest BCUT2D eigenvalue weighted by molar-refractivity contribution is 7.93. The van der Waals surface area contributed by atoms with Crippen molar-refractivity contribution in [3.8, 4) is 0 Å². The molecule has 0 heterocycles. The van der Waals surface area contributed by atoms with Crippen molar-refractivity contribution < 1.29 is 18.3 Å². The van der Waals surface area contributed by atoms with Crippen LogP contribution in [-0.2, 0) is 14.6 Å². The fourth-order valence-corrected chi connectivity index (χ4v) is 4.66. The number of sulfone groups is 1. The van der Waals surface area contributed by atoms with Crippen LogP contribution in [0.4, 0.5) is 0 Å². The molecule has 98 valence electrons. The molecule has 0 aliphatic heterocycles. The summed E-state index contributed by atoms with van der Waals surface area (Å²) in [5.41, 5.74) is 0. The maximum Gasteiger partial charge on any atom is 0.325 e. The Kier molecular flexibility index (Phi) is 3.15. The van der Waals surface area contributed by atoms with Gasteiger partial charge in [-0.25, -0.2) is 8.42 Å². The van der Waals surface area contributed by atoms with E-state index in [2.05, 4.69) is 0 Å². The van der Waals surface area contributed by atoms with E-state index in [0.29, 0.717) is 11.4 Å². The molecule has 1 N–H and O–H groups in total. The fourth-order valence-electron chi connectivity index (χ4n) is 2.35. The van der Waals surface area contributed by atoms with Gasteiger partial charge >= 0.3 is 5.97 Å². The molecule has 0 spiro atoms. The van der Waals surface area contributed by atoms with Crippen molar-refractivity contribution in [2.45, 2.75) is 29.4 Å². The van der Waals surface area contributed by atoms with Gasteiger partial charge in [-0.2, -0.15) is 0 Å². The van der Waals surface area contributed by atoms with E-state index in [0.717, 1.165) is 0 Å². The van der Waals surface area contributed by atoms with Crippen LogP contribution < -0.4 is 0 Å². The molecule has 6 heteroatoms. The first kappa shape index (κ1) is 13.4. The number of carbonyl (C=O) groups is 1. The van der Waals surface area contributed by atoms with E-state index >= 15 is 0 Å². The summed E-state index contributed by atoms with van der Waals surface area (Å²) in [5.74, 6) is -1.65. The molecule has 1 aromatic carbocycles. The van der Waals surface area contributed by atoms with Gasteiger partial charge < -0.3 is 5.11 Å². The van der Waals surface area contributed by atoms with Gasteiger partial charge in [-0.15, -0.1) is 0 Å². The van der Waals surface area contributed by atoms with Crippen LogP contribution in [0.3, 0.4) is 0 Å². The molecule has 1 aliphatic rings. The van der Waals surface area contributed by atoms with E-state index in [1.54, 1.807) is 6.92 Å². The maximum absolute atomic E-state index is 12.5. The van der Waals surface area contributed by atoms with Crippen molar-refractivity contribution >= 4 is 27.4 Å². The highest BCUT2D eigenvalue weighted by Gasteiger charge is 2.60. The van der Waals surface area contributed by atoms with Gasteiger partial charge in [0.2, 0.25) is 0 Å². The first-order valence-electron chi connectivity index (χ1n) is 5.56. The van der Waals surface area contributed by atoms with Crippen molar-refractivity contribution in [2.75, 3.05) is 0 Å². The Morgan fingerprint density at radius 1 is 1.39 bits per heavy atom. The van der Waals surface area contributed by atoms with Crippen LogP contribution in [0.25, 0.3) is 0 Å². The van der Waals surface area contributed by atoms with Gasteiger partial charge in [-0.05, 0) is 43.0 Å². The monoisotopic (exact) mass is 288 g/mol. The molecule has 1 saturated carbocycles. The summed E-state index contributed by atoms with van der Waals surface area (Å²) in [7, 11) is -3.89. The van der Waals surface area contributed by atoms with Gasteiger partial charge in [-0.1, -0.05) is 18.5 Å². The summed E-state index contributed by atoms with van der Waals surface area (Å²) in [4.78, 5) is 11.4. The predicted molar refractivity (Wildman–Crippen MR) is 67.4 cm³/mol. The molecule has 0 bridgehead atoms. The Hall–Kier alpha value is -1.07. The number of hydrogen-bond acceptors (Lipinski definition) is 3. The molecule has 0 saturated heterocycles. The molecule has 18 heavy (non-hydrogen) atoms. The zero-order valence-electron chi connectivity index (χ0n) is 9.76. The summed E-state index contributed by atoms with van der Waals surface area (Å²) in [5, 5.41) is 9.72. The topological polar surface area (TPSA) is 71.4 Å². The van der Waals surface area contributed by atoms with E-state index < -0.39 is 20.6 Å². The third-order valence-electron chi connectivity index (χ3n) is 3.71. The molecule has 0 amide bonds. The Bertz CT molecular complexity index is 579. The summed E-state index contributed by atoms with van der Waals surface area (Å²) in [6.07, 6.45) is 0.771. The van der Waals surface area contributed by atoms with Crippen LogP contribution in [0, 0.1) is 5.92 Å². The summed E-state index contributed by atoms with van der Waals surface area (Å²) in [6, 6.07) is 5.61. The Morgan fingerprint density at radius 2 is 1.94 bits per heavy atom. The SMILES string of the molecule is CC1CCC1(C(=O)O)S(=O)(=O)c1ccc(Cl)cc1. The van der Waals surface area contributed by atoms with Crippen LogP contribution in [-0.4, -0.2) is 24.2 Å². The van der Waals surface area contributed by atoms with Crippen molar-refractivity contribution in [3.05, 3.63) is 29.3 Å². The minimum atomic E-state index is -3.89. The van der Waals surface area contributed by atoms with Gasteiger partial charge in [0.15, 0.2) is 14.6 Å². The van der Waals surface area contributed by atoms with Gasteiger partial charge in [-0.3, -0.25) is 4.79 Å². The van der Waals surface area contributed by atoms with Crippen LogP contribution in [0.1, 0.15) is 19.8 Å². The third kappa shape index (κ3) is 1.65. The quantitative estimate of drug-likeness (QED) is 0.927. The molecule has 4 nitrogen and oxygen atoms in total. The first-order chi connectivity index (χ1) is 8.32. The molecule has 1 aliphatic carbocycles. The van der Waals surface area contributed by atoms with E-state index in [1.807, 2.05) is 0 Å². The average Bonchev–Trinajstić information content (AvgIpc) is 2.27.